The van der Waals surface area contributed by atoms with Gasteiger partial charge in [-0.15, -0.1) is 0 Å². The lowest BCUT2D eigenvalue weighted by Crippen LogP contribution is -2.32. The summed E-state index contributed by atoms with van der Waals surface area (Å²) in [7, 11) is -16.9. The first-order valence-electron chi connectivity index (χ1n) is 21.2. The molecule has 24 heteroatoms. The van der Waals surface area contributed by atoms with Gasteiger partial charge in [-0.05, 0) is 87.9 Å². The summed E-state index contributed by atoms with van der Waals surface area (Å²) in [6.45, 7) is 6.08. The van der Waals surface area contributed by atoms with Crippen molar-refractivity contribution in [2.24, 2.45) is 0 Å². The number of benzene rings is 2. The normalized spacial score (nSPS) is 19.6. The van der Waals surface area contributed by atoms with Crippen LogP contribution in [0.15, 0.2) is 70.1 Å². The number of nitrogens with zero attached hydrogens (tertiary/aromatic N) is 2. The molecule has 0 radical (unpaired) electrons. The van der Waals surface area contributed by atoms with E-state index in [0.29, 0.717) is 86.1 Å². The minimum atomic E-state index is -4.90. The number of unbranched alkanes of at least 4 members (excludes halogenated alkanes) is 2. The third-order valence-corrected chi connectivity index (χ3v) is 14.9. The van der Waals surface area contributed by atoms with E-state index in [9.17, 15) is 61.8 Å². The SMILES string of the molecule is COCCOCCOCCOCCC1(C)C(=CC=CC2=[N+](CCCS(=O)(=O)O)c3ccc(S(=O)(=O)O)cc3C2(C)CCCS(=O)(=O)O)N(CCCCCC(=O)O)c2ccc(S(=O)(=O)[O-])cc21. The number of hydrogen-bond acceptors (Lipinski definition) is 15. The fraction of sp³-hybridized carbons (Fsp3) is 0.571. The first-order valence-corrected chi connectivity index (χ1v) is 27.3. The van der Waals surface area contributed by atoms with Crippen LogP contribution in [0, 0.1) is 0 Å². The summed E-state index contributed by atoms with van der Waals surface area (Å²) < 4.78 is 162. The van der Waals surface area contributed by atoms with Crippen molar-refractivity contribution in [1.82, 2.24) is 0 Å². The summed E-state index contributed by atoms with van der Waals surface area (Å²) >= 11 is 0. The second kappa shape index (κ2) is 23.6. The summed E-state index contributed by atoms with van der Waals surface area (Å²) in [5.41, 5.74) is 0.708. The maximum Gasteiger partial charge on any atom is 0.303 e. The maximum absolute atomic E-state index is 12.4. The molecule has 0 saturated heterocycles. The van der Waals surface area contributed by atoms with Crippen LogP contribution in [-0.4, -0.2) is 151 Å². The molecule has 0 fully saturated rings. The Morgan fingerprint density at radius 2 is 1.32 bits per heavy atom. The van der Waals surface area contributed by atoms with Gasteiger partial charge in [0.1, 0.15) is 16.7 Å². The van der Waals surface area contributed by atoms with Crippen molar-refractivity contribution < 1.29 is 85.3 Å². The van der Waals surface area contributed by atoms with Crippen molar-refractivity contribution in [2.75, 3.05) is 82.9 Å². The van der Waals surface area contributed by atoms with E-state index in [1.807, 2.05) is 11.8 Å². The molecule has 0 saturated carbocycles. The van der Waals surface area contributed by atoms with Crippen LogP contribution in [0.3, 0.4) is 0 Å². The quantitative estimate of drug-likeness (QED) is 0.0487. The number of carbonyl (C=O) groups is 1. The van der Waals surface area contributed by atoms with E-state index in [-0.39, 0.29) is 58.5 Å². The summed E-state index contributed by atoms with van der Waals surface area (Å²) in [5.74, 6) is -2.21. The first-order chi connectivity index (χ1) is 30.8. The topological polar surface area (TPSA) is 301 Å². The second-order valence-electron chi connectivity index (χ2n) is 16.4. The van der Waals surface area contributed by atoms with Crippen LogP contribution in [-0.2, 0) is 75.0 Å². The highest BCUT2D eigenvalue weighted by atomic mass is 32.2. The van der Waals surface area contributed by atoms with Gasteiger partial charge in [0.05, 0.1) is 66.4 Å². The number of ether oxygens (including phenoxy) is 4. The Morgan fingerprint density at radius 3 is 1.91 bits per heavy atom. The molecule has 0 spiro atoms. The van der Waals surface area contributed by atoms with Gasteiger partial charge in [-0.2, -0.15) is 29.8 Å². The molecule has 2 atom stereocenters. The van der Waals surface area contributed by atoms with E-state index in [1.54, 1.807) is 42.9 Å². The number of carboxylic acids is 1. The van der Waals surface area contributed by atoms with E-state index in [0.717, 1.165) is 6.07 Å². The molecular formula is C42H60N2O18S4. The molecule has 20 nitrogen and oxygen atoms in total. The van der Waals surface area contributed by atoms with E-state index in [2.05, 4.69) is 0 Å². The van der Waals surface area contributed by atoms with Gasteiger partial charge >= 0.3 is 5.97 Å². The molecule has 2 aromatic carbocycles. The predicted molar refractivity (Wildman–Crippen MR) is 241 cm³/mol. The van der Waals surface area contributed by atoms with E-state index in [4.69, 9.17) is 18.9 Å². The molecule has 2 unspecified atom stereocenters. The standard InChI is InChI=1S/C42H60N2O18S4/c1-41(17-8-28-63(47,48)49)34-30-32(65(53,54)55)13-15-36(34)44(20-9-29-64(50,51)52)38(41)10-7-11-39-42(2,18-21-60-24-25-62-27-26-61-23-22-59-3)35-31-33(66(56,57)58)14-16-37(35)43(39)19-6-4-5-12-40(45)46/h7,10-11,13-16,30-31H,4-6,8-9,12,17-29H2,1-3H3,(H4-,45,46,47,48,49,50,51,52,53,54,55,56,57,58). The Hall–Kier alpha value is -3.66. The average molecular weight is 1010 g/mol. The maximum atomic E-state index is 12.4. The number of carboxylic acid groups (broad SMARTS) is 1. The summed E-state index contributed by atoms with van der Waals surface area (Å²) in [6.07, 6.45) is 6.61. The van der Waals surface area contributed by atoms with Crippen LogP contribution < -0.4 is 4.90 Å². The summed E-state index contributed by atoms with van der Waals surface area (Å²) in [4.78, 5) is 12.3. The van der Waals surface area contributed by atoms with E-state index in [1.165, 1.54) is 24.3 Å². The number of methoxy groups -OCH3 is 1. The number of hydrogen-bond donors (Lipinski definition) is 4. The third-order valence-electron chi connectivity index (χ3n) is 11.6. The molecule has 0 amide bonds. The first kappa shape index (κ1) is 54.9. The van der Waals surface area contributed by atoms with Crippen LogP contribution >= 0.6 is 0 Å². The number of fused-ring (bicyclic) bond motifs is 2. The highest BCUT2D eigenvalue weighted by Crippen LogP contribution is 2.51. The fourth-order valence-electron chi connectivity index (χ4n) is 8.31. The van der Waals surface area contributed by atoms with Gasteiger partial charge in [-0.1, -0.05) is 12.5 Å². The van der Waals surface area contributed by atoms with Crippen LogP contribution in [0.4, 0.5) is 11.4 Å². The van der Waals surface area contributed by atoms with Gasteiger partial charge in [0.25, 0.3) is 30.4 Å². The van der Waals surface area contributed by atoms with Crippen molar-refractivity contribution in [3.05, 3.63) is 71.5 Å². The van der Waals surface area contributed by atoms with E-state index >= 15 is 0 Å². The van der Waals surface area contributed by atoms with Crippen LogP contribution in [0.25, 0.3) is 0 Å². The van der Waals surface area contributed by atoms with Crippen molar-refractivity contribution in [2.45, 2.75) is 85.8 Å². The van der Waals surface area contributed by atoms with Crippen molar-refractivity contribution >= 4 is 63.5 Å². The van der Waals surface area contributed by atoms with Crippen molar-refractivity contribution in [3.63, 3.8) is 0 Å². The molecule has 2 aromatic rings. The number of aliphatic carboxylic acids is 1. The minimum Gasteiger partial charge on any atom is -0.744 e. The molecule has 0 aliphatic carbocycles. The van der Waals surface area contributed by atoms with Gasteiger partial charge in [-0.3, -0.25) is 18.5 Å². The van der Waals surface area contributed by atoms with Crippen LogP contribution in [0.2, 0.25) is 0 Å². The molecule has 0 bridgehead atoms. The van der Waals surface area contributed by atoms with Gasteiger partial charge in [0.15, 0.2) is 5.71 Å². The second-order valence-corrected chi connectivity index (χ2v) is 22.3. The van der Waals surface area contributed by atoms with Crippen molar-refractivity contribution in [1.29, 1.82) is 0 Å². The number of anilines is 1. The Bertz CT molecular complexity index is 2580. The zero-order valence-corrected chi connectivity index (χ0v) is 40.4. The average Bonchev–Trinajstić information content (AvgIpc) is 3.57. The molecule has 370 valence electrons. The summed E-state index contributed by atoms with van der Waals surface area (Å²) in [5, 5.41) is 9.23. The molecule has 4 N–H and O–H groups in total. The largest absolute Gasteiger partial charge is 0.744 e. The number of allylic oxidation sites excluding steroid dienone is 4. The molecule has 0 aromatic heterocycles. The molecule has 2 heterocycles. The highest BCUT2D eigenvalue weighted by Gasteiger charge is 2.48. The number of rotatable bonds is 30. The highest BCUT2D eigenvalue weighted by molar-refractivity contribution is 7.86. The fourth-order valence-corrected chi connectivity index (χ4v) is 10.3. The predicted octanol–water partition coefficient (Wildman–Crippen LogP) is 4.09. The lowest BCUT2D eigenvalue weighted by Gasteiger charge is -2.30. The van der Waals surface area contributed by atoms with E-state index < -0.39 is 78.6 Å². The Kier molecular flexibility index (Phi) is 19.6. The van der Waals surface area contributed by atoms with Crippen LogP contribution in [0.1, 0.15) is 76.3 Å². The smallest absolute Gasteiger partial charge is 0.303 e. The van der Waals surface area contributed by atoms with Gasteiger partial charge in [0, 0.05) is 67.6 Å². The van der Waals surface area contributed by atoms with Gasteiger partial charge < -0.3 is 33.5 Å². The molecule has 4 rings (SSSR count). The summed E-state index contributed by atoms with van der Waals surface area (Å²) in [6, 6.07) is 7.93. The lowest BCUT2D eigenvalue weighted by molar-refractivity contribution is -0.437. The van der Waals surface area contributed by atoms with Gasteiger partial charge in [0.2, 0.25) is 5.69 Å². The van der Waals surface area contributed by atoms with Gasteiger partial charge in [-0.25, -0.2) is 8.42 Å². The molecular weight excluding hydrogens is 949 g/mol. The monoisotopic (exact) mass is 1010 g/mol. The Balaban J connectivity index is 1.83. The zero-order chi connectivity index (χ0) is 49.0. The lowest BCUT2D eigenvalue weighted by atomic mass is 9.75. The Labute approximate surface area is 387 Å². The molecule has 2 aliphatic heterocycles. The van der Waals surface area contributed by atoms with Crippen LogP contribution in [0.5, 0.6) is 0 Å². The molecule has 66 heavy (non-hydrogen) atoms. The Morgan fingerprint density at radius 1 is 0.727 bits per heavy atom. The zero-order valence-electron chi connectivity index (χ0n) is 37.2. The minimum absolute atomic E-state index is 0.0136. The molecule has 2 aliphatic rings. The third kappa shape index (κ3) is 15.4. The van der Waals surface area contributed by atoms with Crippen molar-refractivity contribution in [3.8, 4) is 0 Å².